The summed E-state index contributed by atoms with van der Waals surface area (Å²) in [6.07, 6.45) is 0. The Hall–Kier alpha value is -3.62. The molecule has 0 saturated heterocycles. The van der Waals surface area contributed by atoms with E-state index in [1.54, 1.807) is 6.07 Å². The highest BCUT2D eigenvalue weighted by atomic mass is 16.6. The Morgan fingerprint density at radius 2 is 1.82 bits per heavy atom. The number of hydrogen-bond donors (Lipinski definition) is 1. The minimum atomic E-state index is -1.16. The lowest BCUT2D eigenvalue weighted by molar-refractivity contribution is -0.385. The van der Waals surface area contributed by atoms with Crippen LogP contribution in [0.15, 0.2) is 36.4 Å². The number of hydrogen-bond acceptors (Lipinski definition) is 6. The fourth-order valence-electron chi connectivity index (χ4n) is 3.55. The molecule has 1 aliphatic rings. The van der Waals surface area contributed by atoms with Crippen LogP contribution >= 0.6 is 0 Å². The van der Waals surface area contributed by atoms with Crippen LogP contribution in [0.3, 0.4) is 0 Å². The van der Waals surface area contributed by atoms with Crippen LogP contribution < -0.4 is 9.47 Å². The van der Waals surface area contributed by atoms with Crippen LogP contribution in [0.2, 0.25) is 0 Å². The van der Waals surface area contributed by atoms with Gasteiger partial charge in [-0.2, -0.15) is 0 Å². The van der Waals surface area contributed by atoms with Crippen LogP contribution in [0.5, 0.6) is 11.5 Å². The number of carboxylic acids is 1. The number of benzene rings is 2. The lowest BCUT2D eigenvalue weighted by Gasteiger charge is -2.38. The van der Waals surface area contributed by atoms with Gasteiger partial charge < -0.3 is 19.5 Å². The van der Waals surface area contributed by atoms with E-state index in [4.69, 9.17) is 9.47 Å². The minimum Gasteiger partial charge on any atom is -0.493 e. The Kier molecular flexibility index (Phi) is 4.91. The number of carbonyl (C=O) groups excluding carboxylic acids is 1. The molecule has 0 aromatic heterocycles. The largest absolute Gasteiger partial charge is 0.493 e. The lowest BCUT2D eigenvalue weighted by atomic mass is 9.79. The lowest BCUT2D eigenvalue weighted by Crippen LogP contribution is -2.42. The van der Waals surface area contributed by atoms with Gasteiger partial charge in [-0.15, -0.1) is 0 Å². The Bertz CT molecular complexity index is 973. The molecule has 28 heavy (non-hydrogen) atoms. The van der Waals surface area contributed by atoms with Crippen molar-refractivity contribution in [1.29, 1.82) is 0 Å². The number of fused-ring (bicyclic) bond motifs is 1. The molecule has 1 heterocycles. The van der Waals surface area contributed by atoms with Gasteiger partial charge in [-0.25, -0.2) is 0 Å². The minimum absolute atomic E-state index is 0.180. The second-order valence-corrected chi connectivity index (χ2v) is 6.32. The molecule has 2 aromatic carbocycles. The highest BCUT2D eigenvalue weighted by molar-refractivity contribution is 6.01. The van der Waals surface area contributed by atoms with E-state index in [0.29, 0.717) is 17.1 Å². The van der Waals surface area contributed by atoms with Gasteiger partial charge in [-0.3, -0.25) is 19.7 Å². The SMILES string of the molecule is COc1cc2c(cc1OC)[C@@H](C(=O)O)[C@H](c1cccc([N+](=O)[O-])c1)N(C)C2=O. The van der Waals surface area contributed by atoms with Crippen LogP contribution in [0.25, 0.3) is 0 Å². The molecular formula is C19H18N2O7. The summed E-state index contributed by atoms with van der Waals surface area (Å²) >= 11 is 0. The van der Waals surface area contributed by atoms with Crippen molar-refractivity contribution in [3.05, 3.63) is 63.2 Å². The second-order valence-electron chi connectivity index (χ2n) is 6.32. The fourth-order valence-corrected chi connectivity index (χ4v) is 3.55. The monoisotopic (exact) mass is 386 g/mol. The Labute approximate surface area is 160 Å². The molecule has 0 aliphatic carbocycles. The van der Waals surface area contributed by atoms with Gasteiger partial charge >= 0.3 is 5.97 Å². The maximum absolute atomic E-state index is 13.0. The number of likely N-dealkylation sites (N-methyl/N-ethyl adjacent to an activating group) is 1. The molecule has 0 bridgehead atoms. The van der Waals surface area contributed by atoms with E-state index in [2.05, 4.69) is 0 Å². The summed E-state index contributed by atoms with van der Waals surface area (Å²) in [7, 11) is 4.30. The molecule has 0 unspecified atom stereocenters. The first-order chi connectivity index (χ1) is 13.3. The predicted molar refractivity (Wildman–Crippen MR) is 97.9 cm³/mol. The molecule has 146 valence electrons. The smallest absolute Gasteiger partial charge is 0.313 e. The summed E-state index contributed by atoms with van der Waals surface area (Å²) in [6, 6.07) is 7.64. The zero-order valence-corrected chi connectivity index (χ0v) is 15.4. The van der Waals surface area contributed by atoms with E-state index in [0.717, 1.165) is 0 Å². The zero-order chi connectivity index (χ0) is 20.6. The number of carboxylic acid groups (broad SMARTS) is 1. The molecule has 9 nitrogen and oxygen atoms in total. The Balaban J connectivity index is 2.24. The van der Waals surface area contributed by atoms with Crippen molar-refractivity contribution in [2.24, 2.45) is 0 Å². The van der Waals surface area contributed by atoms with Gasteiger partial charge in [0.1, 0.15) is 5.92 Å². The molecule has 9 heteroatoms. The third-order valence-corrected chi connectivity index (χ3v) is 4.86. The summed E-state index contributed by atoms with van der Waals surface area (Å²) in [5.74, 6) is -2.11. The molecule has 1 N–H and O–H groups in total. The number of rotatable bonds is 5. The third-order valence-electron chi connectivity index (χ3n) is 4.86. The van der Waals surface area contributed by atoms with Crippen LogP contribution in [-0.4, -0.2) is 48.1 Å². The summed E-state index contributed by atoms with van der Waals surface area (Å²) in [4.78, 5) is 37.0. The van der Waals surface area contributed by atoms with Gasteiger partial charge in [0.25, 0.3) is 11.6 Å². The first kappa shape index (κ1) is 19.2. The van der Waals surface area contributed by atoms with E-state index in [1.807, 2.05) is 0 Å². The van der Waals surface area contributed by atoms with Crippen molar-refractivity contribution in [2.45, 2.75) is 12.0 Å². The molecule has 0 spiro atoms. The summed E-state index contributed by atoms with van der Waals surface area (Å²) in [6.45, 7) is 0. The van der Waals surface area contributed by atoms with Crippen LogP contribution in [0.1, 0.15) is 33.4 Å². The van der Waals surface area contributed by atoms with Crippen LogP contribution in [-0.2, 0) is 4.79 Å². The number of carbonyl (C=O) groups is 2. The quantitative estimate of drug-likeness (QED) is 0.619. The van der Waals surface area contributed by atoms with Crippen molar-refractivity contribution < 1.29 is 29.1 Å². The van der Waals surface area contributed by atoms with Gasteiger partial charge in [0, 0.05) is 24.7 Å². The van der Waals surface area contributed by atoms with Gasteiger partial charge in [0.2, 0.25) is 0 Å². The molecular weight excluding hydrogens is 368 g/mol. The molecule has 0 fully saturated rings. The maximum atomic E-state index is 13.0. The third kappa shape index (κ3) is 3.00. The summed E-state index contributed by atoms with van der Waals surface area (Å²) in [5.41, 5.74) is 0.637. The van der Waals surface area contributed by atoms with E-state index in [1.165, 1.54) is 56.5 Å². The average Bonchev–Trinajstić information content (AvgIpc) is 2.69. The average molecular weight is 386 g/mol. The molecule has 1 aliphatic heterocycles. The Morgan fingerprint density at radius 1 is 1.18 bits per heavy atom. The number of amides is 1. The van der Waals surface area contributed by atoms with Crippen molar-refractivity contribution >= 4 is 17.6 Å². The number of nitro benzene ring substituents is 1. The van der Waals surface area contributed by atoms with Crippen molar-refractivity contribution in [3.63, 3.8) is 0 Å². The van der Waals surface area contributed by atoms with E-state index in [9.17, 15) is 24.8 Å². The van der Waals surface area contributed by atoms with E-state index >= 15 is 0 Å². The molecule has 0 radical (unpaired) electrons. The Morgan fingerprint density at radius 3 is 2.39 bits per heavy atom. The first-order valence-electron chi connectivity index (χ1n) is 8.30. The van der Waals surface area contributed by atoms with Gasteiger partial charge in [0.05, 0.1) is 25.2 Å². The molecule has 1 amide bonds. The van der Waals surface area contributed by atoms with Gasteiger partial charge in [-0.1, -0.05) is 12.1 Å². The number of nitro groups is 1. The van der Waals surface area contributed by atoms with Crippen LogP contribution in [0, 0.1) is 10.1 Å². The summed E-state index contributed by atoms with van der Waals surface area (Å²) in [5, 5.41) is 21.1. The molecule has 2 atom stereocenters. The van der Waals surface area contributed by atoms with Crippen molar-refractivity contribution in [2.75, 3.05) is 21.3 Å². The fraction of sp³-hybridized carbons (Fsp3) is 0.263. The van der Waals surface area contributed by atoms with Crippen LogP contribution in [0.4, 0.5) is 5.69 Å². The first-order valence-corrected chi connectivity index (χ1v) is 8.30. The number of nitrogens with zero attached hydrogens (tertiary/aromatic N) is 2. The number of methoxy groups -OCH3 is 2. The predicted octanol–water partition coefficient (Wildman–Crippen LogP) is 2.61. The van der Waals surface area contributed by atoms with E-state index in [-0.39, 0.29) is 16.8 Å². The molecule has 2 aromatic rings. The normalized spacial score (nSPS) is 18.4. The number of ether oxygens (including phenoxy) is 2. The van der Waals surface area contributed by atoms with Gasteiger partial charge in [0.15, 0.2) is 11.5 Å². The van der Waals surface area contributed by atoms with Crippen molar-refractivity contribution in [1.82, 2.24) is 4.90 Å². The number of aliphatic carboxylic acids is 1. The second kappa shape index (κ2) is 7.18. The molecule has 3 rings (SSSR count). The standard InChI is InChI=1S/C19H18N2O7/c1-20-17(10-5-4-6-11(7-10)21(25)26)16(19(23)24)12-8-14(27-2)15(28-3)9-13(12)18(20)22/h4-9,16-17H,1-3H3,(H,23,24)/t16-,17+/m1/s1. The van der Waals surface area contributed by atoms with E-state index < -0.39 is 28.8 Å². The number of non-ortho nitro benzene ring substituents is 1. The van der Waals surface area contributed by atoms with Crippen molar-refractivity contribution in [3.8, 4) is 11.5 Å². The van der Waals surface area contributed by atoms with Gasteiger partial charge in [-0.05, 0) is 23.3 Å². The summed E-state index contributed by atoms with van der Waals surface area (Å²) < 4.78 is 10.5. The highest BCUT2D eigenvalue weighted by Crippen LogP contribution is 2.45. The zero-order valence-electron chi connectivity index (χ0n) is 15.4. The maximum Gasteiger partial charge on any atom is 0.313 e. The topological polar surface area (TPSA) is 119 Å². The highest BCUT2D eigenvalue weighted by Gasteiger charge is 2.44. The molecule has 0 saturated carbocycles.